The topological polar surface area (TPSA) is 31.4 Å². The highest BCUT2D eigenvalue weighted by Crippen LogP contribution is 2.48. The number of ether oxygens (including phenoxy) is 2. The molecular weight excluding hydrogens is 346 g/mol. The van der Waals surface area contributed by atoms with Gasteiger partial charge in [-0.05, 0) is 18.2 Å². The Kier molecular flexibility index (Phi) is 3.87. The lowest BCUT2D eigenvalue weighted by Gasteiger charge is -2.39. The predicted molar refractivity (Wildman–Crippen MR) is 111 cm³/mol. The van der Waals surface area contributed by atoms with Crippen molar-refractivity contribution < 1.29 is 9.47 Å². The molecule has 0 spiro atoms. The molecular formula is C25H19NO2. The zero-order valence-corrected chi connectivity index (χ0v) is 15.5. The summed E-state index contributed by atoms with van der Waals surface area (Å²) >= 11 is 0. The highest BCUT2D eigenvalue weighted by atomic mass is 16.5. The lowest BCUT2D eigenvalue weighted by Crippen LogP contribution is -2.39. The van der Waals surface area contributed by atoms with Gasteiger partial charge in [0, 0.05) is 28.3 Å². The molecule has 3 nitrogen and oxygen atoms in total. The number of nitrogens with zero attached hydrogens (tertiary/aromatic N) is 1. The Morgan fingerprint density at radius 1 is 0.786 bits per heavy atom. The summed E-state index contributed by atoms with van der Waals surface area (Å²) in [4.78, 5) is 4.58. The van der Waals surface area contributed by atoms with Crippen LogP contribution in [-0.4, -0.2) is 12.1 Å². The van der Waals surface area contributed by atoms with E-state index >= 15 is 0 Å². The normalized spacial score (nSPS) is 14.7. The van der Waals surface area contributed by atoms with Gasteiger partial charge in [-0.25, -0.2) is 0 Å². The molecule has 5 rings (SSSR count). The quantitative estimate of drug-likeness (QED) is 0.476. The first-order valence-corrected chi connectivity index (χ1v) is 9.27. The third-order valence-corrected chi connectivity index (χ3v) is 5.22. The summed E-state index contributed by atoms with van der Waals surface area (Å²) in [7, 11) is 1.69. The van der Waals surface area contributed by atoms with Gasteiger partial charge in [0.15, 0.2) is 0 Å². The number of rotatable bonds is 3. The van der Waals surface area contributed by atoms with Crippen LogP contribution in [0.25, 0.3) is 17.0 Å². The molecule has 0 aliphatic carbocycles. The Bertz CT molecular complexity index is 1130. The van der Waals surface area contributed by atoms with Crippen LogP contribution in [-0.2, 0) is 10.3 Å². The summed E-state index contributed by atoms with van der Waals surface area (Å²) in [5.74, 6) is 1.55. The van der Waals surface area contributed by atoms with Crippen LogP contribution < -0.4 is 4.74 Å². The highest BCUT2D eigenvalue weighted by molar-refractivity contribution is 5.89. The van der Waals surface area contributed by atoms with Gasteiger partial charge in [-0.3, -0.25) is 4.98 Å². The van der Waals surface area contributed by atoms with Gasteiger partial charge in [0.05, 0.1) is 12.6 Å². The second kappa shape index (κ2) is 6.54. The Balaban J connectivity index is 1.85. The van der Waals surface area contributed by atoms with E-state index in [1.54, 1.807) is 7.11 Å². The number of hydrogen-bond donors (Lipinski definition) is 0. The zero-order valence-electron chi connectivity index (χ0n) is 15.5. The summed E-state index contributed by atoms with van der Waals surface area (Å²) < 4.78 is 12.8. The van der Waals surface area contributed by atoms with Crippen molar-refractivity contribution in [2.24, 2.45) is 0 Å². The van der Waals surface area contributed by atoms with Crippen molar-refractivity contribution in [2.45, 2.75) is 5.60 Å². The third-order valence-electron chi connectivity index (χ3n) is 5.22. The molecule has 4 aromatic rings. The van der Waals surface area contributed by atoms with E-state index < -0.39 is 5.60 Å². The molecule has 136 valence electrons. The minimum atomic E-state index is -0.867. The molecule has 0 unspecified atom stereocenters. The molecule has 0 saturated carbocycles. The molecule has 0 atom stereocenters. The molecule has 0 amide bonds. The molecule has 0 radical (unpaired) electrons. The van der Waals surface area contributed by atoms with E-state index in [4.69, 9.17) is 9.47 Å². The van der Waals surface area contributed by atoms with Crippen molar-refractivity contribution >= 4 is 17.0 Å². The standard InChI is InChI=1S/C25H19NO2/c1-27-23-16-18-17-26-22-15-9-8-14-21(22)24(18)28-25(23,19-10-4-2-5-11-19)20-12-6-3-7-13-20/h2-17H,1H3. The van der Waals surface area contributed by atoms with Crippen LogP contribution in [0.3, 0.4) is 0 Å². The molecule has 2 heterocycles. The monoisotopic (exact) mass is 365 g/mol. The Morgan fingerprint density at radius 3 is 2.04 bits per heavy atom. The third kappa shape index (κ3) is 2.40. The molecule has 1 aromatic heterocycles. The molecule has 3 aromatic carbocycles. The maximum Gasteiger partial charge on any atom is 0.215 e. The van der Waals surface area contributed by atoms with E-state index in [-0.39, 0.29) is 0 Å². The van der Waals surface area contributed by atoms with Crippen molar-refractivity contribution in [1.29, 1.82) is 0 Å². The van der Waals surface area contributed by atoms with E-state index in [9.17, 15) is 0 Å². The van der Waals surface area contributed by atoms with Crippen LogP contribution in [0.2, 0.25) is 0 Å². The number of fused-ring (bicyclic) bond motifs is 3. The maximum atomic E-state index is 6.88. The summed E-state index contributed by atoms with van der Waals surface area (Å²) in [5.41, 5.74) is 2.99. The van der Waals surface area contributed by atoms with Crippen molar-refractivity contribution in [1.82, 2.24) is 4.98 Å². The van der Waals surface area contributed by atoms with Crippen LogP contribution in [0, 0.1) is 0 Å². The van der Waals surface area contributed by atoms with E-state index in [0.717, 1.165) is 39.1 Å². The SMILES string of the molecule is COC1=Cc2cnc3ccccc3c2OC1(c1ccccc1)c1ccccc1. The van der Waals surface area contributed by atoms with Gasteiger partial charge in [-0.15, -0.1) is 0 Å². The molecule has 3 heteroatoms. The molecule has 1 aliphatic rings. The number of hydrogen-bond acceptors (Lipinski definition) is 3. The Morgan fingerprint density at radius 2 is 1.39 bits per heavy atom. The van der Waals surface area contributed by atoms with E-state index in [2.05, 4.69) is 29.2 Å². The van der Waals surface area contributed by atoms with Crippen LogP contribution in [0.4, 0.5) is 0 Å². The lowest BCUT2D eigenvalue weighted by atomic mass is 9.82. The number of para-hydroxylation sites is 1. The summed E-state index contributed by atoms with van der Waals surface area (Å²) in [5, 5.41) is 0.989. The number of methoxy groups -OCH3 is 1. The van der Waals surface area contributed by atoms with Crippen molar-refractivity contribution in [3.63, 3.8) is 0 Å². The second-order valence-electron chi connectivity index (χ2n) is 6.79. The van der Waals surface area contributed by atoms with Crippen molar-refractivity contribution in [3.05, 3.63) is 114 Å². The van der Waals surface area contributed by atoms with E-state index in [1.165, 1.54) is 0 Å². The molecule has 0 N–H and O–H groups in total. The van der Waals surface area contributed by atoms with Crippen molar-refractivity contribution in [3.8, 4) is 5.75 Å². The van der Waals surface area contributed by atoms with Gasteiger partial charge >= 0.3 is 0 Å². The smallest absolute Gasteiger partial charge is 0.215 e. The van der Waals surface area contributed by atoms with Gasteiger partial charge < -0.3 is 9.47 Å². The molecule has 1 aliphatic heterocycles. The summed E-state index contributed by atoms with van der Waals surface area (Å²) in [6.07, 6.45) is 3.88. The lowest BCUT2D eigenvalue weighted by molar-refractivity contribution is 0.0773. The first-order chi connectivity index (χ1) is 13.8. The van der Waals surface area contributed by atoms with Crippen LogP contribution in [0.5, 0.6) is 5.75 Å². The largest absolute Gasteiger partial charge is 0.496 e. The predicted octanol–water partition coefficient (Wildman–Crippen LogP) is 5.56. The van der Waals surface area contributed by atoms with E-state index in [0.29, 0.717) is 0 Å². The minimum Gasteiger partial charge on any atom is -0.496 e. The Labute approximate surface area is 163 Å². The van der Waals surface area contributed by atoms with Gasteiger partial charge in [-0.1, -0.05) is 72.8 Å². The fraction of sp³-hybridized carbons (Fsp3) is 0.0800. The first kappa shape index (κ1) is 16.6. The molecule has 0 fully saturated rings. The van der Waals surface area contributed by atoms with E-state index in [1.807, 2.05) is 72.9 Å². The first-order valence-electron chi connectivity index (χ1n) is 9.27. The number of benzene rings is 3. The fourth-order valence-corrected chi connectivity index (χ4v) is 3.91. The van der Waals surface area contributed by atoms with Gasteiger partial charge in [0.1, 0.15) is 11.5 Å². The molecule has 0 saturated heterocycles. The maximum absolute atomic E-state index is 6.88. The number of pyridine rings is 1. The van der Waals surface area contributed by atoms with Gasteiger partial charge in [-0.2, -0.15) is 0 Å². The van der Waals surface area contributed by atoms with Gasteiger partial charge in [0.2, 0.25) is 5.60 Å². The van der Waals surface area contributed by atoms with Gasteiger partial charge in [0.25, 0.3) is 0 Å². The average Bonchev–Trinajstić information content (AvgIpc) is 2.79. The summed E-state index contributed by atoms with van der Waals surface area (Å²) in [6.45, 7) is 0. The molecule has 0 bridgehead atoms. The second-order valence-corrected chi connectivity index (χ2v) is 6.79. The summed E-state index contributed by atoms with van der Waals surface area (Å²) in [6, 6.07) is 28.5. The van der Waals surface area contributed by atoms with Crippen LogP contribution in [0.15, 0.2) is 96.9 Å². The molecule has 28 heavy (non-hydrogen) atoms. The van der Waals surface area contributed by atoms with Crippen molar-refractivity contribution in [2.75, 3.05) is 7.11 Å². The van der Waals surface area contributed by atoms with Crippen LogP contribution in [0.1, 0.15) is 16.7 Å². The van der Waals surface area contributed by atoms with Crippen LogP contribution >= 0.6 is 0 Å². The fourth-order valence-electron chi connectivity index (χ4n) is 3.91. The zero-order chi connectivity index (χ0) is 19.0. The minimum absolute atomic E-state index is 0.731. The number of aromatic nitrogens is 1. The highest BCUT2D eigenvalue weighted by Gasteiger charge is 2.45. The average molecular weight is 365 g/mol. The Hall–Kier alpha value is -3.59.